The zero-order chi connectivity index (χ0) is 20.3. The van der Waals surface area contributed by atoms with E-state index in [-0.39, 0.29) is 5.56 Å². The van der Waals surface area contributed by atoms with Crippen LogP contribution in [0.5, 0.6) is 0 Å². The lowest BCUT2D eigenvalue weighted by atomic mass is 9.93. The number of alkyl halides is 3. The smallest absolute Gasteiger partial charge is 0.376 e. The molecule has 2 aromatic heterocycles. The number of hydrogen-bond acceptors (Lipinski definition) is 4. The maximum atomic E-state index is 13.2. The molecule has 0 amide bonds. The lowest BCUT2D eigenvalue weighted by Gasteiger charge is -2.27. The second-order valence-corrected chi connectivity index (χ2v) is 7.40. The quantitative estimate of drug-likeness (QED) is 0.691. The molecule has 1 aromatic carbocycles. The molecule has 0 bridgehead atoms. The van der Waals surface area contributed by atoms with Crippen LogP contribution in [0.3, 0.4) is 0 Å². The third kappa shape index (κ3) is 2.87. The first-order valence-corrected chi connectivity index (χ1v) is 8.96. The van der Waals surface area contributed by atoms with Crippen LogP contribution in [0.25, 0.3) is 16.8 Å². The third-order valence-electron chi connectivity index (χ3n) is 5.06. The highest BCUT2D eigenvalue weighted by atomic mass is 35.5. The second-order valence-electron chi connectivity index (χ2n) is 7.00. The molecule has 5 nitrogen and oxygen atoms in total. The standard InChI is InChI=1S/C19H16ClF3N4O/c1-10-25-26-16-4-3-11-5-12(7-15(20)17(11)27(10)16)13-6-14(9-24-8-13)18(2,28)19(21,22)23/h5-9,28H,3-4H2,1-2H3. The molecule has 1 aliphatic heterocycles. The molecule has 3 aromatic rings. The molecule has 0 saturated heterocycles. The van der Waals surface area contributed by atoms with Crippen molar-refractivity contribution >= 4 is 11.6 Å². The van der Waals surface area contributed by atoms with Crippen molar-refractivity contribution in [3.8, 4) is 16.8 Å². The Labute approximate surface area is 163 Å². The van der Waals surface area contributed by atoms with Gasteiger partial charge in [0, 0.05) is 29.9 Å². The number of nitrogens with zero attached hydrogens (tertiary/aromatic N) is 4. The fraction of sp³-hybridized carbons (Fsp3) is 0.316. The van der Waals surface area contributed by atoms with Crippen LogP contribution in [0.15, 0.2) is 30.6 Å². The summed E-state index contributed by atoms with van der Waals surface area (Å²) in [6.07, 6.45) is -0.970. The van der Waals surface area contributed by atoms with Crippen molar-refractivity contribution in [1.29, 1.82) is 0 Å². The second kappa shape index (κ2) is 6.28. The Morgan fingerprint density at radius 1 is 1.07 bits per heavy atom. The van der Waals surface area contributed by atoms with E-state index in [9.17, 15) is 18.3 Å². The van der Waals surface area contributed by atoms with E-state index in [2.05, 4.69) is 15.2 Å². The van der Waals surface area contributed by atoms with Gasteiger partial charge >= 0.3 is 6.18 Å². The van der Waals surface area contributed by atoms with Crippen molar-refractivity contribution < 1.29 is 18.3 Å². The van der Waals surface area contributed by atoms with Gasteiger partial charge in [0.1, 0.15) is 11.6 Å². The average molecular weight is 409 g/mol. The summed E-state index contributed by atoms with van der Waals surface area (Å²) in [5, 5.41) is 18.6. The monoisotopic (exact) mass is 408 g/mol. The van der Waals surface area contributed by atoms with Gasteiger partial charge in [0.15, 0.2) is 5.60 Å². The molecule has 0 aliphatic carbocycles. The highest BCUT2D eigenvalue weighted by Crippen LogP contribution is 2.40. The first-order chi connectivity index (χ1) is 13.1. The number of benzene rings is 1. The minimum absolute atomic E-state index is 0.330. The Hall–Kier alpha value is -2.45. The highest BCUT2D eigenvalue weighted by molar-refractivity contribution is 6.33. The lowest BCUT2D eigenvalue weighted by molar-refractivity contribution is -0.259. The molecular formula is C19H16ClF3N4O. The van der Waals surface area contributed by atoms with E-state index in [1.54, 1.807) is 6.07 Å². The number of rotatable bonds is 2. The van der Waals surface area contributed by atoms with Crippen molar-refractivity contribution in [3.05, 3.63) is 58.4 Å². The molecule has 0 fully saturated rings. The Morgan fingerprint density at radius 3 is 2.54 bits per heavy atom. The fourth-order valence-corrected chi connectivity index (χ4v) is 3.72. The van der Waals surface area contributed by atoms with Crippen molar-refractivity contribution in [2.45, 2.75) is 38.5 Å². The highest BCUT2D eigenvalue weighted by Gasteiger charge is 2.51. The van der Waals surface area contributed by atoms with Crippen LogP contribution >= 0.6 is 11.6 Å². The van der Waals surface area contributed by atoms with Crippen LogP contribution in [0, 0.1) is 6.92 Å². The van der Waals surface area contributed by atoms with E-state index in [0.717, 1.165) is 29.1 Å². The first kappa shape index (κ1) is 18.9. The molecule has 1 aliphatic rings. The van der Waals surface area contributed by atoms with Gasteiger partial charge in [0.2, 0.25) is 0 Å². The summed E-state index contributed by atoms with van der Waals surface area (Å²) in [7, 11) is 0. The topological polar surface area (TPSA) is 63.8 Å². The average Bonchev–Trinajstić information content (AvgIpc) is 3.02. The predicted octanol–water partition coefficient (Wildman–Crippen LogP) is 4.16. The summed E-state index contributed by atoms with van der Waals surface area (Å²) < 4.78 is 41.4. The summed E-state index contributed by atoms with van der Waals surface area (Å²) in [4.78, 5) is 3.90. The number of aryl methyl sites for hydroxylation is 3. The number of pyridine rings is 1. The molecule has 146 valence electrons. The van der Waals surface area contributed by atoms with Gasteiger partial charge in [-0.25, -0.2) is 0 Å². The fourth-order valence-electron chi connectivity index (χ4n) is 3.40. The van der Waals surface area contributed by atoms with E-state index < -0.39 is 11.8 Å². The van der Waals surface area contributed by atoms with Gasteiger partial charge in [0.25, 0.3) is 0 Å². The van der Waals surface area contributed by atoms with Gasteiger partial charge in [0.05, 0.1) is 10.7 Å². The SMILES string of the molecule is Cc1nnc2n1-c1c(Cl)cc(-c3cncc(C(C)(O)C(F)(F)F)c3)cc1CC2. The molecule has 1 atom stereocenters. The lowest BCUT2D eigenvalue weighted by Crippen LogP contribution is -2.39. The van der Waals surface area contributed by atoms with E-state index in [0.29, 0.717) is 35.9 Å². The maximum Gasteiger partial charge on any atom is 0.421 e. The number of fused-ring (bicyclic) bond motifs is 3. The van der Waals surface area contributed by atoms with Crippen molar-refractivity contribution in [2.24, 2.45) is 0 Å². The number of hydrogen-bond donors (Lipinski definition) is 1. The number of aliphatic hydroxyl groups is 1. The number of aromatic nitrogens is 4. The molecule has 1 unspecified atom stereocenters. The van der Waals surface area contributed by atoms with Crippen LogP contribution < -0.4 is 0 Å². The van der Waals surface area contributed by atoms with Gasteiger partial charge in [-0.3, -0.25) is 9.55 Å². The molecule has 1 N–H and O–H groups in total. The minimum Gasteiger partial charge on any atom is -0.376 e. The first-order valence-electron chi connectivity index (χ1n) is 8.58. The Morgan fingerprint density at radius 2 is 1.82 bits per heavy atom. The zero-order valence-electron chi connectivity index (χ0n) is 15.0. The van der Waals surface area contributed by atoms with Crippen molar-refractivity contribution in [2.75, 3.05) is 0 Å². The molecular weight excluding hydrogens is 393 g/mol. The van der Waals surface area contributed by atoms with E-state index in [1.165, 1.54) is 12.3 Å². The zero-order valence-corrected chi connectivity index (χ0v) is 15.8. The van der Waals surface area contributed by atoms with Crippen LogP contribution in [-0.4, -0.2) is 31.0 Å². The van der Waals surface area contributed by atoms with Crippen LogP contribution in [0.4, 0.5) is 13.2 Å². The van der Waals surface area contributed by atoms with Crippen LogP contribution in [0.1, 0.15) is 29.7 Å². The Bertz CT molecular complexity index is 1080. The third-order valence-corrected chi connectivity index (χ3v) is 5.35. The van der Waals surface area contributed by atoms with Gasteiger partial charge in [-0.2, -0.15) is 13.2 Å². The maximum absolute atomic E-state index is 13.2. The van der Waals surface area contributed by atoms with Gasteiger partial charge < -0.3 is 5.11 Å². The van der Waals surface area contributed by atoms with Crippen LogP contribution in [-0.2, 0) is 18.4 Å². The molecule has 0 spiro atoms. The summed E-state index contributed by atoms with van der Waals surface area (Å²) in [5.41, 5.74) is -0.513. The molecule has 0 saturated carbocycles. The molecule has 3 heterocycles. The predicted molar refractivity (Wildman–Crippen MR) is 97.4 cm³/mol. The van der Waals surface area contributed by atoms with Gasteiger partial charge in [-0.15, -0.1) is 10.2 Å². The molecule has 9 heteroatoms. The largest absolute Gasteiger partial charge is 0.421 e. The summed E-state index contributed by atoms with van der Waals surface area (Å²) in [6.45, 7) is 2.55. The van der Waals surface area contributed by atoms with Crippen LogP contribution in [0.2, 0.25) is 5.02 Å². The summed E-state index contributed by atoms with van der Waals surface area (Å²) in [6, 6.07) is 4.85. The Kier molecular flexibility index (Phi) is 4.24. The van der Waals surface area contributed by atoms with Gasteiger partial charge in [-0.1, -0.05) is 11.6 Å². The van der Waals surface area contributed by atoms with Crippen molar-refractivity contribution in [1.82, 2.24) is 19.7 Å². The van der Waals surface area contributed by atoms with E-state index in [4.69, 9.17) is 11.6 Å². The van der Waals surface area contributed by atoms with E-state index >= 15 is 0 Å². The summed E-state index contributed by atoms with van der Waals surface area (Å²) >= 11 is 6.53. The minimum atomic E-state index is -4.82. The Balaban J connectivity index is 1.82. The molecule has 28 heavy (non-hydrogen) atoms. The normalized spacial score (nSPS) is 15.7. The van der Waals surface area contributed by atoms with Gasteiger partial charge in [-0.05, 0) is 49.6 Å². The number of halogens is 4. The van der Waals surface area contributed by atoms with E-state index in [1.807, 2.05) is 17.6 Å². The van der Waals surface area contributed by atoms with Crippen molar-refractivity contribution in [3.63, 3.8) is 0 Å². The molecule has 0 radical (unpaired) electrons. The summed E-state index contributed by atoms with van der Waals surface area (Å²) in [5.74, 6) is 1.54. The molecule has 4 rings (SSSR count).